The zero-order valence-corrected chi connectivity index (χ0v) is 12.7. The van der Waals surface area contributed by atoms with Crippen LogP contribution >= 0.6 is 0 Å². The molecule has 1 aliphatic rings. The van der Waals surface area contributed by atoms with Crippen molar-refractivity contribution in [2.24, 2.45) is 0 Å². The number of nitrogens with zero attached hydrogens (tertiary/aromatic N) is 1. The van der Waals surface area contributed by atoms with E-state index in [1.165, 1.54) is 18.3 Å². The fourth-order valence-corrected chi connectivity index (χ4v) is 2.08. The Kier molecular flexibility index (Phi) is 4.97. The molecule has 0 aliphatic carbocycles. The van der Waals surface area contributed by atoms with Crippen LogP contribution in [0.4, 0.5) is 0 Å². The third kappa shape index (κ3) is 3.54. The maximum atomic E-state index is 12.3. The molecular formula is C15H20N2O5. The van der Waals surface area contributed by atoms with Crippen LogP contribution in [0.25, 0.3) is 0 Å². The van der Waals surface area contributed by atoms with E-state index in [9.17, 15) is 14.7 Å². The summed E-state index contributed by atoms with van der Waals surface area (Å²) in [4.78, 5) is 27.8. The molecule has 2 N–H and O–H groups in total. The largest absolute Gasteiger partial charge is 0.479 e. The number of carbonyl (C=O) groups is 2. The Bertz CT molecular complexity index is 555. The van der Waals surface area contributed by atoms with Crippen LogP contribution < -0.4 is 10.1 Å². The van der Waals surface area contributed by atoms with Gasteiger partial charge in [-0.1, -0.05) is 6.92 Å². The van der Waals surface area contributed by atoms with Crippen LogP contribution in [0, 0.1) is 0 Å². The number of hydrogen-bond acceptors (Lipinski definition) is 5. The Morgan fingerprint density at radius 2 is 2.36 bits per heavy atom. The van der Waals surface area contributed by atoms with Crippen LogP contribution in [-0.4, -0.2) is 46.8 Å². The van der Waals surface area contributed by atoms with Gasteiger partial charge in [0.15, 0.2) is 5.54 Å². The Labute approximate surface area is 128 Å². The number of rotatable bonds is 6. The van der Waals surface area contributed by atoms with E-state index in [4.69, 9.17) is 9.47 Å². The maximum Gasteiger partial charge on any atom is 0.331 e. The highest BCUT2D eigenvalue weighted by Gasteiger charge is 2.44. The van der Waals surface area contributed by atoms with Crippen molar-refractivity contribution in [2.45, 2.75) is 38.3 Å². The Hall–Kier alpha value is -2.15. The molecule has 7 nitrogen and oxygen atoms in total. The van der Waals surface area contributed by atoms with Gasteiger partial charge >= 0.3 is 5.97 Å². The van der Waals surface area contributed by atoms with Gasteiger partial charge in [0.2, 0.25) is 5.88 Å². The number of pyridine rings is 1. The summed E-state index contributed by atoms with van der Waals surface area (Å²) < 4.78 is 10.7. The van der Waals surface area contributed by atoms with Crippen molar-refractivity contribution in [1.82, 2.24) is 10.3 Å². The van der Waals surface area contributed by atoms with E-state index in [-0.39, 0.29) is 19.1 Å². The Morgan fingerprint density at radius 3 is 2.95 bits per heavy atom. The molecule has 2 unspecified atom stereocenters. The van der Waals surface area contributed by atoms with Crippen molar-refractivity contribution >= 4 is 11.9 Å². The Balaban J connectivity index is 2.12. The van der Waals surface area contributed by atoms with Gasteiger partial charge in [-0.15, -0.1) is 0 Å². The number of carboxylic acid groups (broad SMARTS) is 1. The molecule has 0 radical (unpaired) electrons. The highest BCUT2D eigenvalue weighted by atomic mass is 16.5. The van der Waals surface area contributed by atoms with Gasteiger partial charge in [0, 0.05) is 30.9 Å². The number of aromatic nitrogens is 1. The SMILES string of the molecule is CCC(C)Oc1cc(C(=O)NC2(C(=O)O)CCOC2)ccn1. The third-order valence-corrected chi connectivity index (χ3v) is 3.68. The standard InChI is InChI=1S/C15H20N2O5/c1-3-10(2)22-12-8-11(4-6-16-12)13(18)17-15(14(19)20)5-7-21-9-15/h4,6,8,10H,3,5,7,9H2,1-2H3,(H,17,18)(H,19,20). The van der Waals surface area contributed by atoms with Crippen LogP contribution in [0.5, 0.6) is 5.88 Å². The van der Waals surface area contributed by atoms with Crippen LogP contribution in [0.2, 0.25) is 0 Å². The molecule has 0 saturated carbocycles. The van der Waals surface area contributed by atoms with Gasteiger partial charge in [0.1, 0.15) is 0 Å². The summed E-state index contributed by atoms with van der Waals surface area (Å²) in [6, 6.07) is 3.02. The lowest BCUT2D eigenvalue weighted by Gasteiger charge is -2.23. The van der Waals surface area contributed by atoms with Gasteiger partial charge in [-0.25, -0.2) is 9.78 Å². The summed E-state index contributed by atoms with van der Waals surface area (Å²) >= 11 is 0. The van der Waals surface area contributed by atoms with Crippen molar-refractivity contribution < 1.29 is 24.2 Å². The Morgan fingerprint density at radius 1 is 1.59 bits per heavy atom. The molecule has 1 amide bonds. The average molecular weight is 308 g/mol. The normalized spacial score (nSPS) is 22.1. The fraction of sp³-hybridized carbons (Fsp3) is 0.533. The summed E-state index contributed by atoms with van der Waals surface area (Å²) in [6.07, 6.45) is 2.51. The molecule has 0 aromatic carbocycles. The molecular weight excluding hydrogens is 288 g/mol. The van der Waals surface area contributed by atoms with Crippen LogP contribution in [-0.2, 0) is 9.53 Å². The lowest BCUT2D eigenvalue weighted by molar-refractivity contribution is -0.144. The highest BCUT2D eigenvalue weighted by Crippen LogP contribution is 2.20. The van der Waals surface area contributed by atoms with Gasteiger partial charge in [-0.2, -0.15) is 0 Å². The van der Waals surface area contributed by atoms with Gasteiger partial charge < -0.3 is 19.9 Å². The summed E-state index contributed by atoms with van der Waals surface area (Å²) in [5.41, 5.74) is -1.06. The zero-order valence-electron chi connectivity index (χ0n) is 12.7. The molecule has 120 valence electrons. The first-order valence-corrected chi connectivity index (χ1v) is 7.23. The molecule has 1 aliphatic heterocycles. The van der Waals surface area contributed by atoms with Crippen molar-refractivity contribution in [3.8, 4) is 5.88 Å². The molecule has 2 heterocycles. The van der Waals surface area contributed by atoms with E-state index in [2.05, 4.69) is 10.3 Å². The minimum atomic E-state index is -1.36. The molecule has 22 heavy (non-hydrogen) atoms. The van der Waals surface area contributed by atoms with Crippen LogP contribution in [0.1, 0.15) is 37.0 Å². The lowest BCUT2D eigenvalue weighted by Crippen LogP contribution is -2.55. The number of ether oxygens (including phenoxy) is 2. The minimum absolute atomic E-state index is 0.0144. The number of hydrogen-bond donors (Lipinski definition) is 2. The summed E-state index contributed by atoms with van der Waals surface area (Å²) in [7, 11) is 0. The molecule has 0 bridgehead atoms. The van der Waals surface area contributed by atoms with Crippen LogP contribution in [0.3, 0.4) is 0 Å². The van der Waals surface area contributed by atoms with E-state index < -0.39 is 17.4 Å². The summed E-state index contributed by atoms with van der Waals surface area (Å²) in [5, 5.41) is 11.9. The quantitative estimate of drug-likeness (QED) is 0.820. The molecule has 1 fully saturated rings. The second-order valence-corrected chi connectivity index (χ2v) is 5.36. The van der Waals surface area contributed by atoms with Crippen molar-refractivity contribution in [3.63, 3.8) is 0 Å². The first-order chi connectivity index (χ1) is 10.5. The molecule has 7 heteroatoms. The van der Waals surface area contributed by atoms with Gasteiger partial charge in [0.25, 0.3) is 5.91 Å². The van der Waals surface area contributed by atoms with E-state index in [0.717, 1.165) is 6.42 Å². The minimum Gasteiger partial charge on any atom is -0.479 e. The van der Waals surface area contributed by atoms with E-state index >= 15 is 0 Å². The number of nitrogens with one attached hydrogen (secondary N) is 1. The number of aliphatic carboxylic acids is 1. The zero-order chi connectivity index (χ0) is 16.2. The number of carboxylic acids is 1. The fourth-order valence-electron chi connectivity index (χ4n) is 2.08. The van der Waals surface area contributed by atoms with Gasteiger partial charge in [-0.3, -0.25) is 4.79 Å². The van der Waals surface area contributed by atoms with Crippen molar-refractivity contribution in [2.75, 3.05) is 13.2 Å². The molecule has 1 saturated heterocycles. The second-order valence-electron chi connectivity index (χ2n) is 5.36. The topological polar surface area (TPSA) is 97.8 Å². The van der Waals surface area contributed by atoms with E-state index in [1.54, 1.807) is 0 Å². The molecule has 2 atom stereocenters. The predicted molar refractivity (Wildman–Crippen MR) is 77.9 cm³/mol. The predicted octanol–water partition coefficient (Wildman–Crippen LogP) is 1.23. The third-order valence-electron chi connectivity index (χ3n) is 3.68. The number of carbonyl (C=O) groups excluding carboxylic acids is 1. The summed E-state index contributed by atoms with van der Waals surface area (Å²) in [5.74, 6) is -1.23. The highest BCUT2D eigenvalue weighted by molar-refractivity contribution is 5.98. The monoisotopic (exact) mass is 308 g/mol. The lowest BCUT2D eigenvalue weighted by atomic mass is 9.98. The van der Waals surface area contributed by atoms with Crippen LogP contribution in [0.15, 0.2) is 18.3 Å². The van der Waals surface area contributed by atoms with Crippen molar-refractivity contribution in [1.29, 1.82) is 0 Å². The van der Waals surface area contributed by atoms with Gasteiger partial charge in [0.05, 0.1) is 12.7 Å². The number of amides is 1. The van der Waals surface area contributed by atoms with Gasteiger partial charge in [-0.05, 0) is 19.4 Å². The molecule has 1 aromatic rings. The molecule has 1 aromatic heterocycles. The van der Waals surface area contributed by atoms with E-state index in [1.807, 2.05) is 13.8 Å². The summed E-state index contributed by atoms with van der Waals surface area (Å²) in [6.45, 7) is 4.17. The molecule has 0 spiro atoms. The smallest absolute Gasteiger partial charge is 0.331 e. The molecule has 2 rings (SSSR count). The first-order valence-electron chi connectivity index (χ1n) is 7.23. The second kappa shape index (κ2) is 6.74. The maximum absolute atomic E-state index is 12.3. The van der Waals surface area contributed by atoms with Crippen molar-refractivity contribution in [3.05, 3.63) is 23.9 Å². The average Bonchev–Trinajstić information content (AvgIpc) is 2.97. The first kappa shape index (κ1) is 16.2. The van der Waals surface area contributed by atoms with E-state index in [0.29, 0.717) is 18.1 Å².